The lowest BCUT2D eigenvalue weighted by Gasteiger charge is -2.27. The Hall–Kier alpha value is -2.53. The summed E-state index contributed by atoms with van der Waals surface area (Å²) in [6.45, 7) is 5.22. The Balaban J connectivity index is 1.60. The van der Waals surface area contributed by atoms with Gasteiger partial charge in [0.15, 0.2) is 23.2 Å². The number of halogens is 3. The number of aliphatic hydroxyl groups excluding tert-OH is 1. The second-order valence-corrected chi connectivity index (χ2v) is 7.81. The fraction of sp³-hybridized carbons (Fsp3) is 0.360. The fourth-order valence-electron chi connectivity index (χ4n) is 3.95. The third kappa shape index (κ3) is 5.14. The van der Waals surface area contributed by atoms with Crippen molar-refractivity contribution in [2.75, 3.05) is 6.61 Å². The molecule has 5 heteroatoms. The minimum absolute atomic E-state index is 0.0432. The lowest BCUT2D eigenvalue weighted by molar-refractivity contribution is 0.192. The molecular formula is C25H27F3O2. The molecule has 0 spiro atoms. The van der Waals surface area contributed by atoms with Crippen molar-refractivity contribution in [2.45, 2.75) is 44.6 Å². The molecule has 0 aliphatic heterocycles. The molecule has 1 N–H and O–H groups in total. The number of allylic oxidation sites excluding steroid dienone is 1. The standard InChI is InChI=1S/C25H27F3O2/c1-3-14-30-23-13-11-20(15-22(23)26)18-7-4-17(5-8-18)6-9-19-10-12-21(16(2)29)25(28)24(19)27/h3,6,9-13,15-18,29H,1,4-5,7-8,14H2,2H3/b9-6+. The smallest absolute Gasteiger partial charge is 0.166 e. The minimum atomic E-state index is -1.06. The molecule has 1 unspecified atom stereocenters. The molecule has 2 aromatic rings. The van der Waals surface area contributed by atoms with Crippen molar-refractivity contribution in [3.63, 3.8) is 0 Å². The van der Waals surface area contributed by atoms with Gasteiger partial charge in [0.25, 0.3) is 0 Å². The molecule has 1 saturated carbocycles. The first-order valence-corrected chi connectivity index (χ1v) is 10.3. The lowest BCUT2D eigenvalue weighted by Crippen LogP contribution is -2.12. The molecule has 2 aromatic carbocycles. The van der Waals surface area contributed by atoms with E-state index < -0.39 is 17.7 Å². The Kier molecular flexibility index (Phi) is 7.38. The zero-order valence-corrected chi connectivity index (χ0v) is 17.1. The molecule has 3 rings (SSSR count). The summed E-state index contributed by atoms with van der Waals surface area (Å²) in [5.41, 5.74) is 1.09. The summed E-state index contributed by atoms with van der Waals surface area (Å²) in [6.07, 6.45) is 7.65. The van der Waals surface area contributed by atoms with E-state index in [0.717, 1.165) is 31.2 Å². The van der Waals surface area contributed by atoms with E-state index >= 15 is 0 Å². The molecule has 0 bridgehead atoms. The van der Waals surface area contributed by atoms with Crippen molar-refractivity contribution in [3.05, 3.63) is 83.2 Å². The third-order valence-corrected chi connectivity index (χ3v) is 5.70. The van der Waals surface area contributed by atoms with Crippen LogP contribution in [-0.2, 0) is 0 Å². The van der Waals surface area contributed by atoms with Crippen molar-refractivity contribution in [3.8, 4) is 5.75 Å². The van der Waals surface area contributed by atoms with Crippen LogP contribution in [0.5, 0.6) is 5.75 Å². The van der Waals surface area contributed by atoms with E-state index in [4.69, 9.17) is 4.74 Å². The molecule has 0 aromatic heterocycles. The van der Waals surface area contributed by atoms with Crippen LogP contribution in [-0.4, -0.2) is 11.7 Å². The normalized spacial score (nSPS) is 20.3. The van der Waals surface area contributed by atoms with Crippen molar-refractivity contribution in [1.29, 1.82) is 0 Å². The van der Waals surface area contributed by atoms with E-state index in [2.05, 4.69) is 6.58 Å². The molecule has 30 heavy (non-hydrogen) atoms. The van der Waals surface area contributed by atoms with Gasteiger partial charge in [0, 0.05) is 11.1 Å². The molecular weight excluding hydrogens is 389 g/mol. The quantitative estimate of drug-likeness (QED) is 0.508. The molecule has 0 radical (unpaired) electrons. The van der Waals surface area contributed by atoms with Crippen LogP contribution >= 0.6 is 0 Å². The average Bonchev–Trinajstić information content (AvgIpc) is 2.74. The van der Waals surface area contributed by atoms with Crippen molar-refractivity contribution >= 4 is 6.08 Å². The molecule has 1 atom stereocenters. The highest BCUT2D eigenvalue weighted by molar-refractivity contribution is 5.51. The van der Waals surface area contributed by atoms with Crippen LogP contribution in [0.1, 0.15) is 61.3 Å². The van der Waals surface area contributed by atoms with E-state index in [0.29, 0.717) is 0 Å². The third-order valence-electron chi connectivity index (χ3n) is 5.70. The summed E-state index contributed by atoms with van der Waals surface area (Å²) >= 11 is 0. The monoisotopic (exact) mass is 416 g/mol. The minimum Gasteiger partial charge on any atom is -0.486 e. The summed E-state index contributed by atoms with van der Waals surface area (Å²) in [7, 11) is 0. The number of aliphatic hydroxyl groups is 1. The Morgan fingerprint density at radius 1 is 1.10 bits per heavy atom. The van der Waals surface area contributed by atoms with E-state index in [1.807, 2.05) is 12.1 Å². The largest absolute Gasteiger partial charge is 0.486 e. The van der Waals surface area contributed by atoms with Crippen LogP contribution in [0.2, 0.25) is 0 Å². The van der Waals surface area contributed by atoms with Gasteiger partial charge in [-0.25, -0.2) is 13.2 Å². The van der Waals surface area contributed by atoms with Gasteiger partial charge in [0.05, 0.1) is 6.10 Å². The molecule has 0 saturated heterocycles. The maximum absolute atomic E-state index is 14.2. The fourth-order valence-corrected chi connectivity index (χ4v) is 3.95. The van der Waals surface area contributed by atoms with Crippen molar-refractivity contribution in [1.82, 2.24) is 0 Å². The zero-order valence-electron chi connectivity index (χ0n) is 17.1. The molecule has 1 aliphatic carbocycles. The van der Waals surface area contributed by atoms with Gasteiger partial charge < -0.3 is 9.84 Å². The Morgan fingerprint density at radius 3 is 2.47 bits per heavy atom. The first-order valence-electron chi connectivity index (χ1n) is 10.3. The maximum atomic E-state index is 14.2. The summed E-state index contributed by atoms with van der Waals surface area (Å²) in [6, 6.07) is 8.01. The summed E-state index contributed by atoms with van der Waals surface area (Å²) < 4.78 is 47.7. The topological polar surface area (TPSA) is 29.5 Å². The molecule has 1 fully saturated rings. The second kappa shape index (κ2) is 9.98. The average molecular weight is 416 g/mol. The predicted octanol–water partition coefficient (Wildman–Crippen LogP) is 6.71. The summed E-state index contributed by atoms with van der Waals surface area (Å²) in [5.74, 6) is -1.54. The highest BCUT2D eigenvalue weighted by Crippen LogP contribution is 2.37. The molecule has 2 nitrogen and oxygen atoms in total. The molecule has 1 aliphatic rings. The number of rotatable bonds is 7. The van der Waals surface area contributed by atoms with Gasteiger partial charge in [0.2, 0.25) is 0 Å². The van der Waals surface area contributed by atoms with Gasteiger partial charge in [0.1, 0.15) is 6.61 Å². The first-order chi connectivity index (χ1) is 14.4. The van der Waals surface area contributed by atoms with Gasteiger partial charge in [-0.05, 0) is 62.1 Å². The van der Waals surface area contributed by atoms with E-state index in [9.17, 15) is 18.3 Å². The van der Waals surface area contributed by atoms with Crippen LogP contribution in [0, 0.1) is 23.4 Å². The predicted molar refractivity (Wildman–Crippen MR) is 113 cm³/mol. The number of benzene rings is 2. The van der Waals surface area contributed by atoms with Crippen LogP contribution in [0.3, 0.4) is 0 Å². The number of ether oxygens (including phenoxy) is 1. The van der Waals surface area contributed by atoms with Crippen LogP contribution in [0.15, 0.2) is 49.1 Å². The highest BCUT2D eigenvalue weighted by atomic mass is 19.2. The van der Waals surface area contributed by atoms with Crippen LogP contribution < -0.4 is 4.74 Å². The zero-order chi connectivity index (χ0) is 21.7. The van der Waals surface area contributed by atoms with Crippen molar-refractivity contribution in [2.24, 2.45) is 5.92 Å². The highest BCUT2D eigenvalue weighted by Gasteiger charge is 2.22. The van der Waals surface area contributed by atoms with E-state index in [-0.39, 0.29) is 41.1 Å². The lowest BCUT2D eigenvalue weighted by atomic mass is 9.78. The van der Waals surface area contributed by atoms with Crippen molar-refractivity contribution < 1.29 is 23.0 Å². The van der Waals surface area contributed by atoms with E-state index in [1.165, 1.54) is 19.1 Å². The molecule has 160 valence electrons. The SMILES string of the molecule is C=CCOc1ccc(C2CCC(/C=C/c3ccc(C(C)O)c(F)c3F)CC2)cc1F. The molecule has 0 amide bonds. The number of hydrogen-bond donors (Lipinski definition) is 1. The Bertz CT molecular complexity index is 913. The molecule has 0 heterocycles. The van der Waals surface area contributed by atoms with Gasteiger partial charge in [-0.1, -0.05) is 43.0 Å². The number of hydrogen-bond acceptors (Lipinski definition) is 2. The Morgan fingerprint density at radius 2 is 1.83 bits per heavy atom. The Labute approximate surface area is 175 Å². The van der Waals surface area contributed by atoms with Crippen LogP contribution in [0.25, 0.3) is 6.08 Å². The second-order valence-electron chi connectivity index (χ2n) is 7.81. The maximum Gasteiger partial charge on any atom is 0.166 e. The first kappa shape index (κ1) is 22.2. The summed E-state index contributed by atoms with van der Waals surface area (Å²) in [5, 5.41) is 9.48. The van der Waals surface area contributed by atoms with Gasteiger partial charge in [-0.2, -0.15) is 0 Å². The van der Waals surface area contributed by atoms with Crippen LogP contribution in [0.4, 0.5) is 13.2 Å². The van der Waals surface area contributed by atoms with Gasteiger partial charge in [-0.15, -0.1) is 0 Å². The van der Waals surface area contributed by atoms with Gasteiger partial charge in [-0.3, -0.25) is 0 Å². The van der Waals surface area contributed by atoms with E-state index in [1.54, 1.807) is 24.3 Å². The summed E-state index contributed by atoms with van der Waals surface area (Å²) in [4.78, 5) is 0. The van der Waals surface area contributed by atoms with Gasteiger partial charge >= 0.3 is 0 Å².